The predicted octanol–water partition coefficient (Wildman–Crippen LogP) is 5.74. The topological polar surface area (TPSA) is 105 Å². The Balaban J connectivity index is 1.31. The standard InChI is InChI=1S/C28H28N6O2S2/c1-18-7-11-20(12-8-18)34-25(16-30-19-9-13-21(36-2)14-10-19)32-33-28(34)37-17-26(35)31-27-23(15-29)22-5-3-4-6-24(22)38-27/h7-14,30H,3-6,16-17H2,1-2H3,(H,31,35). The number of aromatic nitrogens is 3. The van der Waals surface area contributed by atoms with Crippen LogP contribution in [0.2, 0.25) is 0 Å². The van der Waals surface area contributed by atoms with Crippen molar-refractivity contribution in [2.24, 2.45) is 0 Å². The summed E-state index contributed by atoms with van der Waals surface area (Å²) in [7, 11) is 1.64. The number of thioether (sulfide) groups is 1. The van der Waals surface area contributed by atoms with Crippen molar-refractivity contribution < 1.29 is 9.53 Å². The lowest BCUT2D eigenvalue weighted by Gasteiger charge is -2.12. The second-order valence-corrected chi connectivity index (χ2v) is 11.1. The first kappa shape index (κ1) is 25.8. The molecule has 194 valence electrons. The lowest BCUT2D eigenvalue weighted by molar-refractivity contribution is -0.113. The number of rotatable bonds is 9. The van der Waals surface area contributed by atoms with Gasteiger partial charge in [0.2, 0.25) is 5.91 Å². The van der Waals surface area contributed by atoms with Crippen LogP contribution < -0.4 is 15.4 Å². The van der Waals surface area contributed by atoms with Gasteiger partial charge in [-0.1, -0.05) is 29.5 Å². The number of carbonyl (C=O) groups is 1. The van der Waals surface area contributed by atoms with Gasteiger partial charge in [0.25, 0.3) is 0 Å². The third kappa shape index (κ3) is 5.69. The summed E-state index contributed by atoms with van der Waals surface area (Å²) in [6.45, 7) is 2.49. The third-order valence-electron chi connectivity index (χ3n) is 6.40. The minimum absolute atomic E-state index is 0.156. The fourth-order valence-electron chi connectivity index (χ4n) is 4.42. The second-order valence-electron chi connectivity index (χ2n) is 9.02. The molecule has 2 aromatic carbocycles. The fourth-order valence-corrected chi connectivity index (χ4v) is 6.44. The maximum atomic E-state index is 12.9. The Bertz CT molecular complexity index is 1470. The van der Waals surface area contributed by atoms with Crippen LogP contribution in [0.25, 0.3) is 5.69 Å². The third-order valence-corrected chi connectivity index (χ3v) is 8.54. The van der Waals surface area contributed by atoms with Crippen LogP contribution in [-0.2, 0) is 24.2 Å². The highest BCUT2D eigenvalue weighted by Crippen LogP contribution is 2.37. The Hall–Kier alpha value is -3.81. The van der Waals surface area contributed by atoms with Gasteiger partial charge in [0.15, 0.2) is 11.0 Å². The van der Waals surface area contributed by atoms with Crippen molar-refractivity contribution in [1.82, 2.24) is 14.8 Å². The average Bonchev–Trinajstić information content (AvgIpc) is 3.51. The van der Waals surface area contributed by atoms with E-state index in [0.717, 1.165) is 59.8 Å². The molecule has 0 saturated carbocycles. The normalized spacial score (nSPS) is 12.4. The van der Waals surface area contributed by atoms with Crippen molar-refractivity contribution in [1.29, 1.82) is 5.26 Å². The zero-order chi connectivity index (χ0) is 26.5. The highest BCUT2D eigenvalue weighted by Gasteiger charge is 2.22. The molecule has 2 N–H and O–H groups in total. The molecular formula is C28H28N6O2S2. The molecule has 38 heavy (non-hydrogen) atoms. The van der Waals surface area contributed by atoms with Crippen LogP contribution in [0.4, 0.5) is 10.7 Å². The van der Waals surface area contributed by atoms with Gasteiger partial charge in [-0.3, -0.25) is 9.36 Å². The number of aryl methyl sites for hydroxylation is 2. The number of nitriles is 1. The molecule has 0 radical (unpaired) electrons. The molecule has 0 bridgehead atoms. The van der Waals surface area contributed by atoms with Crippen LogP contribution in [0.1, 0.15) is 40.2 Å². The molecule has 1 aliphatic rings. The first-order chi connectivity index (χ1) is 18.6. The number of carbonyl (C=O) groups excluding carboxylic acids is 1. The number of hydrogen-bond donors (Lipinski definition) is 2. The van der Waals surface area contributed by atoms with Crippen molar-refractivity contribution >= 4 is 39.7 Å². The van der Waals surface area contributed by atoms with Crippen molar-refractivity contribution in [3.05, 3.63) is 75.9 Å². The Morgan fingerprint density at radius 1 is 1.13 bits per heavy atom. The summed E-state index contributed by atoms with van der Waals surface area (Å²) < 4.78 is 7.21. The number of methoxy groups -OCH3 is 1. The monoisotopic (exact) mass is 544 g/mol. The number of nitrogens with one attached hydrogen (secondary N) is 2. The van der Waals surface area contributed by atoms with Gasteiger partial charge in [0.1, 0.15) is 16.8 Å². The van der Waals surface area contributed by atoms with E-state index < -0.39 is 0 Å². The first-order valence-corrected chi connectivity index (χ1v) is 14.2. The number of benzene rings is 2. The van der Waals surface area contributed by atoms with Gasteiger partial charge in [0.05, 0.1) is 25.0 Å². The van der Waals surface area contributed by atoms with E-state index in [0.29, 0.717) is 22.3 Å². The van der Waals surface area contributed by atoms with Crippen molar-refractivity contribution in [2.75, 3.05) is 23.5 Å². The number of hydrogen-bond acceptors (Lipinski definition) is 8. The molecular weight excluding hydrogens is 516 g/mol. The van der Waals surface area contributed by atoms with Crippen LogP contribution in [0.5, 0.6) is 5.75 Å². The lowest BCUT2D eigenvalue weighted by atomic mass is 9.96. The van der Waals surface area contributed by atoms with E-state index in [9.17, 15) is 10.1 Å². The summed E-state index contributed by atoms with van der Waals surface area (Å²) in [5.41, 5.74) is 4.75. The highest BCUT2D eigenvalue weighted by molar-refractivity contribution is 7.99. The number of amides is 1. The summed E-state index contributed by atoms with van der Waals surface area (Å²) in [6.07, 6.45) is 4.11. The summed E-state index contributed by atoms with van der Waals surface area (Å²) in [5, 5.41) is 26.2. The molecule has 0 atom stereocenters. The van der Waals surface area contributed by atoms with E-state index in [1.54, 1.807) is 7.11 Å². The summed E-state index contributed by atoms with van der Waals surface area (Å²) in [5.74, 6) is 1.51. The SMILES string of the molecule is COc1ccc(NCc2nnc(SCC(=O)Nc3sc4c(c3C#N)CCCC4)n2-c2ccc(C)cc2)cc1. The molecule has 1 aliphatic carbocycles. The first-order valence-electron chi connectivity index (χ1n) is 12.4. The smallest absolute Gasteiger partial charge is 0.235 e. The average molecular weight is 545 g/mol. The van der Waals surface area contributed by atoms with E-state index in [-0.39, 0.29) is 11.7 Å². The summed E-state index contributed by atoms with van der Waals surface area (Å²) in [6, 6.07) is 18.1. The largest absolute Gasteiger partial charge is 0.497 e. The molecule has 0 aliphatic heterocycles. The van der Waals surface area contributed by atoms with Crippen LogP contribution in [0.3, 0.4) is 0 Å². The van der Waals surface area contributed by atoms with Gasteiger partial charge in [0, 0.05) is 16.3 Å². The predicted molar refractivity (Wildman–Crippen MR) is 151 cm³/mol. The Morgan fingerprint density at radius 3 is 2.63 bits per heavy atom. The molecule has 5 rings (SSSR count). The molecule has 8 nitrogen and oxygen atoms in total. The van der Waals surface area contributed by atoms with E-state index in [4.69, 9.17) is 4.74 Å². The Morgan fingerprint density at radius 2 is 1.89 bits per heavy atom. The number of ether oxygens (including phenoxy) is 1. The van der Waals surface area contributed by atoms with Gasteiger partial charge in [-0.25, -0.2) is 0 Å². The van der Waals surface area contributed by atoms with Gasteiger partial charge in [-0.05, 0) is 74.6 Å². The molecule has 0 spiro atoms. The van der Waals surface area contributed by atoms with E-state index in [2.05, 4.69) is 26.9 Å². The summed E-state index contributed by atoms with van der Waals surface area (Å²) in [4.78, 5) is 14.1. The van der Waals surface area contributed by atoms with Crippen LogP contribution in [0, 0.1) is 18.3 Å². The highest BCUT2D eigenvalue weighted by atomic mass is 32.2. The van der Waals surface area contributed by atoms with Gasteiger partial charge in [-0.15, -0.1) is 21.5 Å². The van der Waals surface area contributed by atoms with E-state index >= 15 is 0 Å². The number of thiophene rings is 1. The molecule has 1 amide bonds. The molecule has 4 aromatic rings. The van der Waals surface area contributed by atoms with Gasteiger partial charge >= 0.3 is 0 Å². The molecule has 2 heterocycles. The van der Waals surface area contributed by atoms with Crippen molar-refractivity contribution in [3.8, 4) is 17.5 Å². The molecule has 10 heteroatoms. The molecule has 0 fully saturated rings. The molecule has 0 saturated heterocycles. The second kappa shape index (κ2) is 11.7. The maximum Gasteiger partial charge on any atom is 0.235 e. The quantitative estimate of drug-likeness (QED) is 0.259. The van der Waals surface area contributed by atoms with Crippen LogP contribution in [0.15, 0.2) is 53.7 Å². The molecule has 2 aromatic heterocycles. The van der Waals surface area contributed by atoms with Gasteiger partial charge in [-0.2, -0.15) is 5.26 Å². The number of nitrogens with zero attached hydrogens (tertiary/aromatic N) is 4. The Labute approximate surface area is 230 Å². The van der Waals surface area contributed by atoms with Crippen LogP contribution >= 0.6 is 23.1 Å². The number of anilines is 2. The van der Waals surface area contributed by atoms with Crippen LogP contribution in [-0.4, -0.2) is 33.5 Å². The maximum absolute atomic E-state index is 12.9. The van der Waals surface area contributed by atoms with Crippen molar-refractivity contribution in [2.45, 2.75) is 44.3 Å². The van der Waals surface area contributed by atoms with Gasteiger partial charge < -0.3 is 15.4 Å². The van der Waals surface area contributed by atoms with E-state index in [1.165, 1.54) is 28.0 Å². The fraction of sp³-hybridized carbons (Fsp3) is 0.286. The minimum Gasteiger partial charge on any atom is -0.497 e. The zero-order valence-electron chi connectivity index (χ0n) is 21.3. The minimum atomic E-state index is -0.165. The summed E-state index contributed by atoms with van der Waals surface area (Å²) >= 11 is 2.86. The van der Waals surface area contributed by atoms with Crippen molar-refractivity contribution in [3.63, 3.8) is 0 Å². The number of fused-ring (bicyclic) bond motifs is 1. The van der Waals surface area contributed by atoms with E-state index in [1.807, 2.05) is 60.0 Å². The Kier molecular flexibility index (Phi) is 7.96. The molecule has 0 unspecified atom stereocenters. The zero-order valence-corrected chi connectivity index (χ0v) is 22.9. The lowest BCUT2D eigenvalue weighted by Crippen LogP contribution is -2.15.